The van der Waals surface area contributed by atoms with E-state index in [0.717, 1.165) is 30.6 Å². The standard InChI is InChI=1S/C18H30O/c1-2-3-4-5-6-7-17(19)18-11-14-8-15(12-18)10-16(9-14)13-18/h2,14-17,19H,1,3-13H2. The predicted octanol–water partition coefficient (Wildman–Crippen LogP) is 4.70. The molecule has 0 aromatic rings. The molecule has 0 heterocycles. The average molecular weight is 262 g/mol. The Hall–Kier alpha value is -0.300. The van der Waals surface area contributed by atoms with E-state index in [1.807, 2.05) is 6.08 Å². The van der Waals surface area contributed by atoms with Crippen molar-refractivity contribution in [3.8, 4) is 0 Å². The number of aliphatic hydroxyl groups excluding tert-OH is 1. The lowest BCUT2D eigenvalue weighted by molar-refractivity contribution is -0.122. The number of unbranched alkanes of at least 4 members (excludes halogenated alkanes) is 3. The molecule has 1 N–H and O–H groups in total. The van der Waals surface area contributed by atoms with Crippen LogP contribution in [0.5, 0.6) is 0 Å². The van der Waals surface area contributed by atoms with E-state index in [4.69, 9.17) is 0 Å². The van der Waals surface area contributed by atoms with Gasteiger partial charge >= 0.3 is 0 Å². The van der Waals surface area contributed by atoms with E-state index in [0.29, 0.717) is 5.41 Å². The van der Waals surface area contributed by atoms with Gasteiger partial charge in [-0.3, -0.25) is 0 Å². The Kier molecular flexibility index (Phi) is 4.03. The maximum Gasteiger partial charge on any atom is 0.0596 e. The first kappa shape index (κ1) is 13.7. The van der Waals surface area contributed by atoms with Gasteiger partial charge in [-0.1, -0.05) is 18.9 Å². The largest absolute Gasteiger partial charge is 0.393 e. The van der Waals surface area contributed by atoms with Crippen molar-refractivity contribution in [1.82, 2.24) is 0 Å². The van der Waals surface area contributed by atoms with Crippen LogP contribution in [0.3, 0.4) is 0 Å². The fourth-order valence-electron chi connectivity index (χ4n) is 5.70. The lowest BCUT2D eigenvalue weighted by Crippen LogP contribution is -2.51. The topological polar surface area (TPSA) is 20.2 Å². The maximum atomic E-state index is 10.8. The number of allylic oxidation sites excluding steroid dienone is 1. The molecular formula is C18H30O. The molecule has 4 saturated carbocycles. The zero-order valence-electron chi connectivity index (χ0n) is 12.3. The predicted molar refractivity (Wildman–Crippen MR) is 79.9 cm³/mol. The zero-order valence-corrected chi connectivity index (χ0v) is 12.3. The Balaban J connectivity index is 1.51. The fraction of sp³-hybridized carbons (Fsp3) is 0.889. The second kappa shape index (κ2) is 5.60. The van der Waals surface area contributed by atoms with Crippen LogP contribution in [0.2, 0.25) is 0 Å². The second-order valence-corrected chi connectivity index (χ2v) is 7.72. The highest BCUT2D eigenvalue weighted by Crippen LogP contribution is 2.61. The molecule has 4 aliphatic carbocycles. The maximum absolute atomic E-state index is 10.8. The molecule has 1 atom stereocenters. The molecular weight excluding hydrogens is 232 g/mol. The molecule has 0 amide bonds. The van der Waals surface area contributed by atoms with E-state index in [2.05, 4.69) is 6.58 Å². The van der Waals surface area contributed by atoms with Crippen molar-refractivity contribution in [3.05, 3.63) is 12.7 Å². The van der Waals surface area contributed by atoms with Gasteiger partial charge in [-0.15, -0.1) is 6.58 Å². The number of aliphatic hydroxyl groups is 1. The molecule has 0 aromatic heterocycles. The van der Waals surface area contributed by atoms with Crippen LogP contribution < -0.4 is 0 Å². The first-order chi connectivity index (χ1) is 9.22. The number of hydrogen-bond acceptors (Lipinski definition) is 1. The summed E-state index contributed by atoms with van der Waals surface area (Å²) in [5.74, 6) is 2.88. The lowest BCUT2D eigenvalue weighted by atomic mass is 9.48. The SMILES string of the molecule is C=CCCCCCC(O)C12CC3CC(CC(C3)C1)C2. The smallest absolute Gasteiger partial charge is 0.0596 e. The summed E-state index contributed by atoms with van der Waals surface area (Å²) in [4.78, 5) is 0. The van der Waals surface area contributed by atoms with E-state index in [-0.39, 0.29) is 6.10 Å². The normalized spacial score (nSPS) is 41.4. The van der Waals surface area contributed by atoms with Crippen LogP contribution in [0.25, 0.3) is 0 Å². The Bertz CT molecular complexity index is 284. The van der Waals surface area contributed by atoms with Gasteiger partial charge in [-0.2, -0.15) is 0 Å². The summed E-state index contributed by atoms with van der Waals surface area (Å²) >= 11 is 0. The second-order valence-electron chi connectivity index (χ2n) is 7.72. The van der Waals surface area contributed by atoms with Gasteiger partial charge in [-0.05, 0) is 81.0 Å². The number of rotatable bonds is 7. The van der Waals surface area contributed by atoms with Gasteiger partial charge in [0.1, 0.15) is 0 Å². The van der Waals surface area contributed by atoms with Gasteiger partial charge in [-0.25, -0.2) is 0 Å². The van der Waals surface area contributed by atoms with Gasteiger partial charge < -0.3 is 5.11 Å². The molecule has 4 aliphatic rings. The molecule has 0 spiro atoms. The van der Waals surface area contributed by atoms with E-state index >= 15 is 0 Å². The highest BCUT2D eigenvalue weighted by Gasteiger charge is 2.53. The van der Waals surface area contributed by atoms with Crippen LogP contribution in [0.4, 0.5) is 0 Å². The van der Waals surface area contributed by atoms with E-state index in [1.54, 1.807) is 0 Å². The Morgan fingerprint density at radius 3 is 2.11 bits per heavy atom. The summed E-state index contributed by atoms with van der Waals surface area (Å²) in [5, 5.41) is 10.8. The van der Waals surface area contributed by atoms with E-state index < -0.39 is 0 Å². The third-order valence-corrected chi connectivity index (χ3v) is 6.18. The van der Waals surface area contributed by atoms with Crippen molar-refractivity contribution in [1.29, 1.82) is 0 Å². The minimum Gasteiger partial charge on any atom is -0.393 e. The Labute approximate surface area is 118 Å². The van der Waals surface area contributed by atoms with Crippen molar-refractivity contribution in [3.63, 3.8) is 0 Å². The summed E-state index contributed by atoms with van der Waals surface area (Å²) in [6.07, 6.45) is 16.3. The summed E-state index contributed by atoms with van der Waals surface area (Å²) in [6, 6.07) is 0. The highest BCUT2D eigenvalue weighted by atomic mass is 16.3. The Morgan fingerprint density at radius 2 is 1.58 bits per heavy atom. The van der Waals surface area contributed by atoms with E-state index in [9.17, 15) is 5.11 Å². The quantitative estimate of drug-likeness (QED) is 0.521. The van der Waals surface area contributed by atoms with Crippen molar-refractivity contribution in [2.45, 2.75) is 76.7 Å². The monoisotopic (exact) mass is 262 g/mol. The Morgan fingerprint density at radius 1 is 1.00 bits per heavy atom. The number of hydrogen-bond donors (Lipinski definition) is 1. The van der Waals surface area contributed by atoms with Crippen LogP contribution in [0.1, 0.15) is 70.6 Å². The van der Waals surface area contributed by atoms with Crippen LogP contribution in [-0.2, 0) is 0 Å². The first-order valence-electron chi connectivity index (χ1n) is 8.51. The summed E-state index contributed by atoms with van der Waals surface area (Å²) in [7, 11) is 0. The molecule has 4 rings (SSSR count). The first-order valence-corrected chi connectivity index (χ1v) is 8.51. The van der Waals surface area contributed by atoms with Gasteiger partial charge in [0.05, 0.1) is 6.10 Å². The summed E-state index contributed by atoms with van der Waals surface area (Å²) in [5.41, 5.74) is 0.340. The van der Waals surface area contributed by atoms with Crippen LogP contribution in [0, 0.1) is 23.2 Å². The third-order valence-electron chi connectivity index (χ3n) is 6.18. The molecule has 0 saturated heterocycles. The van der Waals surface area contributed by atoms with Crippen molar-refractivity contribution in [2.75, 3.05) is 0 Å². The van der Waals surface area contributed by atoms with E-state index in [1.165, 1.54) is 57.8 Å². The molecule has 1 heteroatoms. The molecule has 4 bridgehead atoms. The molecule has 0 aliphatic heterocycles. The van der Waals surface area contributed by atoms with Crippen LogP contribution >= 0.6 is 0 Å². The van der Waals surface area contributed by atoms with Gasteiger partial charge in [0.2, 0.25) is 0 Å². The van der Waals surface area contributed by atoms with Crippen molar-refractivity contribution in [2.24, 2.45) is 23.2 Å². The van der Waals surface area contributed by atoms with Crippen molar-refractivity contribution >= 4 is 0 Å². The molecule has 108 valence electrons. The fourth-order valence-corrected chi connectivity index (χ4v) is 5.70. The molecule has 19 heavy (non-hydrogen) atoms. The van der Waals surface area contributed by atoms with Crippen LogP contribution in [0.15, 0.2) is 12.7 Å². The summed E-state index contributed by atoms with van der Waals surface area (Å²) < 4.78 is 0. The molecule has 4 fully saturated rings. The molecule has 1 unspecified atom stereocenters. The van der Waals surface area contributed by atoms with Gasteiger partial charge in [0.25, 0.3) is 0 Å². The highest BCUT2D eigenvalue weighted by molar-refractivity contribution is 5.04. The molecule has 1 nitrogen and oxygen atoms in total. The van der Waals surface area contributed by atoms with Crippen LogP contribution in [-0.4, -0.2) is 11.2 Å². The van der Waals surface area contributed by atoms with Gasteiger partial charge in [0.15, 0.2) is 0 Å². The third kappa shape index (κ3) is 2.77. The zero-order chi connectivity index (χ0) is 13.3. The van der Waals surface area contributed by atoms with Gasteiger partial charge in [0, 0.05) is 0 Å². The van der Waals surface area contributed by atoms with Crippen molar-refractivity contribution < 1.29 is 5.11 Å². The molecule has 0 aromatic carbocycles. The average Bonchev–Trinajstić information content (AvgIpc) is 2.36. The lowest BCUT2D eigenvalue weighted by Gasteiger charge is -2.58. The summed E-state index contributed by atoms with van der Waals surface area (Å²) in [6.45, 7) is 3.77. The minimum atomic E-state index is -0.00960. The minimum absolute atomic E-state index is 0.00960. The molecule has 0 radical (unpaired) electrons.